The quantitative estimate of drug-likeness (QED) is 0.493. The summed E-state index contributed by atoms with van der Waals surface area (Å²) >= 11 is 0. The lowest BCUT2D eigenvalue weighted by molar-refractivity contribution is -0.00263. The zero-order valence-electron chi connectivity index (χ0n) is 19.7. The molecule has 0 aromatic rings. The normalized spacial score (nSPS) is 44.0. The molecule has 0 bridgehead atoms. The minimum Gasteiger partial charge on any atom is -0.393 e. The molecule has 0 aromatic carbocycles. The number of hydrogen-bond donors (Lipinski definition) is 1. The van der Waals surface area contributed by atoms with Crippen molar-refractivity contribution in [2.45, 2.75) is 92.6 Å². The van der Waals surface area contributed by atoms with Crippen LogP contribution in [0.3, 0.4) is 0 Å². The van der Waals surface area contributed by atoms with Crippen LogP contribution in [0.1, 0.15) is 86.5 Å². The molecule has 2 saturated carbocycles. The van der Waals surface area contributed by atoms with Gasteiger partial charge in [0.15, 0.2) is 0 Å². The van der Waals surface area contributed by atoms with Crippen molar-refractivity contribution in [1.82, 2.24) is 0 Å². The first-order chi connectivity index (χ1) is 13.7. The fourth-order valence-corrected chi connectivity index (χ4v) is 7.49. The van der Waals surface area contributed by atoms with Gasteiger partial charge in [0.2, 0.25) is 0 Å². The topological polar surface area (TPSA) is 20.2 Å². The first-order valence-corrected chi connectivity index (χ1v) is 12.4. The maximum atomic E-state index is 10.2. The van der Waals surface area contributed by atoms with Gasteiger partial charge < -0.3 is 5.11 Å². The Hall–Kier alpha value is -0.820. The molecule has 1 heteroatoms. The summed E-state index contributed by atoms with van der Waals surface area (Å²) in [6.07, 6.45) is 18.4. The SMILES string of the molecule is CC(C)[C@@H](C)/C=C/[C@@H](C)[C@H]1CCC2=C3C=C[C@H]4C[C@@H](O)CC[C@]4(C)[C@H]3CC[C@@]21C. The van der Waals surface area contributed by atoms with Gasteiger partial charge in [-0.2, -0.15) is 0 Å². The predicted octanol–water partition coefficient (Wildman–Crippen LogP) is 7.33. The van der Waals surface area contributed by atoms with Crippen LogP contribution in [0.25, 0.3) is 0 Å². The Balaban J connectivity index is 1.61. The van der Waals surface area contributed by atoms with E-state index in [-0.39, 0.29) is 6.10 Å². The van der Waals surface area contributed by atoms with Gasteiger partial charge in [-0.3, -0.25) is 0 Å². The molecule has 0 unspecified atom stereocenters. The fourth-order valence-electron chi connectivity index (χ4n) is 7.49. The molecule has 0 saturated heterocycles. The van der Waals surface area contributed by atoms with E-state index < -0.39 is 0 Å². The molecule has 162 valence electrons. The summed E-state index contributed by atoms with van der Waals surface area (Å²) in [7, 11) is 0. The van der Waals surface area contributed by atoms with Gasteiger partial charge in [-0.05, 0) is 96.9 Å². The second-order valence-corrected chi connectivity index (χ2v) is 11.8. The minimum absolute atomic E-state index is 0.0856. The van der Waals surface area contributed by atoms with Gasteiger partial charge in [-0.15, -0.1) is 0 Å². The van der Waals surface area contributed by atoms with Gasteiger partial charge in [0, 0.05) is 0 Å². The molecule has 0 aromatic heterocycles. The van der Waals surface area contributed by atoms with E-state index in [1.54, 1.807) is 11.1 Å². The van der Waals surface area contributed by atoms with Gasteiger partial charge in [0.05, 0.1) is 6.10 Å². The van der Waals surface area contributed by atoms with Crippen LogP contribution < -0.4 is 0 Å². The Morgan fingerprint density at radius 1 is 1.03 bits per heavy atom. The number of rotatable bonds is 4. The summed E-state index contributed by atoms with van der Waals surface area (Å²) < 4.78 is 0. The number of allylic oxidation sites excluding steroid dienone is 6. The Kier molecular flexibility index (Phi) is 5.69. The third-order valence-corrected chi connectivity index (χ3v) is 9.99. The average molecular weight is 397 g/mol. The van der Waals surface area contributed by atoms with Crippen LogP contribution in [0.5, 0.6) is 0 Å². The van der Waals surface area contributed by atoms with Crippen molar-refractivity contribution in [2.24, 2.45) is 46.3 Å². The first-order valence-electron chi connectivity index (χ1n) is 12.4. The minimum atomic E-state index is -0.0856. The highest BCUT2D eigenvalue weighted by molar-refractivity contribution is 5.42. The third-order valence-electron chi connectivity index (χ3n) is 9.99. The smallest absolute Gasteiger partial charge is 0.0546 e. The molecule has 8 atom stereocenters. The molecule has 0 aliphatic heterocycles. The van der Waals surface area contributed by atoms with Crippen molar-refractivity contribution in [3.8, 4) is 0 Å². The lowest BCUT2D eigenvalue weighted by Crippen LogP contribution is -2.46. The molecular formula is C28H44O. The molecular weight excluding hydrogens is 352 g/mol. The van der Waals surface area contributed by atoms with E-state index in [9.17, 15) is 5.11 Å². The van der Waals surface area contributed by atoms with Crippen LogP contribution in [0.15, 0.2) is 35.5 Å². The van der Waals surface area contributed by atoms with E-state index in [1.165, 1.54) is 32.1 Å². The molecule has 29 heavy (non-hydrogen) atoms. The Morgan fingerprint density at radius 2 is 1.79 bits per heavy atom. The third kappa shape index (κ3) is 3.50. The fraction of sp³-hybridized carbons (Fsp3) is 0.786. The summed E-state index contributed by atoms with van der Waals surface area (Å²) in [4.78, 5) is 0. The Labute approximate surface area is 179 Å². The monoisotopic (exact) mass is 396 g/mol. The number of aliphatic hydroxyl groups is 1. The zero-order chi connectivity index (χ0) is 21.0. The molecule has 0 amide bonds. The van der Waals surface area contributed by atoms with Crippen LogP contribution in [0, 0.1) is 46.3 Å². The van der Waals surface area contributed by atoms with Crippen molar-refractivity contribution in [3.05, 3.63) is 35.5 Å². The van der Waals surface area contributed by atoms with Gasteiger partial charge >= 0.3 is 0 Å². The van der Waals surface area contributed by atoms with Crippen molar-refractivity contribution in [1.29, 1.82) is 0 Å². The van der Waals surface area contributed by atoms with Gasteiger partial charge in [-0.25, -0.2) is 0 Å². The van der Waals surface area contributed by atoms with E-state index in [0.717, 1.165) is 30.6 Å². The summed E-state index contributed by atoms with van der Waals surface area (Å²) in [5, 5.41) is 10.2. The van der Waals surface area contributed by atoms with Crippen molar-refractivity contribution < 1.29 is 5.11 Å². The van der Waals surface area contributed by atoms with Crippen molar-refractivity contribution >= 4 is 0 Å². The van der Waals surface area contributed by atoms with E-state index in [0.29, 0.717) is 28.6 Å². The van der Waals surface area contributed by atoms with Crippen LogP contribution in [-0.4, -0.2) is 11.2 Å². The lowest BCUT2D eigenvalue weighted by atomic mass is 9.50. The van der Waals surface area contributed by atoms with Crippen molar-refractivity contribution in [2.75, 3.05) is 0 Å². The largest absolute Gasteiger partial charge is 0.393 e. The molecule has 0 spiro atoms. The first kappa shape index (κ1) is 21.4. The average Bonchev–Trinajstić information content (AvgIpc) is 3.03. The van der Waals surface area contributed by atoms with Crippen LogP contribution in [0.4, 0.5) is 0 Å². The highest BCUT2D eigenvalue weighted by atomic mass is 16.3. The number of hydrogen-bond acceptors (Lipinski definition) is 1. The zero-order valence-corrected chi connectivity index (χ0v) is 19.7. The summed E-state index contributed by atoms with van der Waals surface area (Å²) in [5.74, 6) is 4.13. The van der Waals surface area contributed by atoms with Gasteiger partial charge in [0.25, 0.3) is 0 Å². The molecule has 4 rings (SSSR count). The Bertz CT molecular complexity index is 712. The second-order valence-electron chi connectivity index (χ2n) is 11.8. The maximum Gasteiger partial charge on any atom is 0.0546 e. The van der Waals surface area contributed by atoms with Gasteiger partial charge in [-0.1, -0.05) is 71.4 Å². The lowest BCUT2D eigenvalue weighted by Gasteiger charge is -2.54. The Morgan fingerprint density at radius 3 is 2.52 bits per heavy atom. The molecule has 4 aliphatic rings. The molecule has 4 aliphatic carbocycles. The standard InChI is InChI=1S/C28H44O/c1-18(2)19(3)7-8-20(4)24-11-12-25-23-10-9-21-17-22(29)13-15-27(21,5)26(23)14-16-28(24,25)6/h7-10,18-22,24,26,29H,11-17H2,1-6H3/b8-7+/t19-,20+,21-,22-,24+,26-,27-,28+/m0/s1. The number of aliphatic hydroxyl groups excluding tert-OH is 1. The van der Waals surface area contributed by atoms with Gasteiger partial charge in [0.1, 0.15) is 0 Å². The molecule has 1 N–H and O–H groups in total. The number of fused-ring (bicyclic) bond motifs is 4. The highest BCUT2D eigenvalue weighted by Crippen LogP contribution is 2.64. The molecule has 0 radical (unpaired) electrons. The summed E-state index contributed by atoms with van der Waals surface area (Å²) in [5.41, 5.74) is 4.27. The maximum absolute atomic E-state index is 10.2. The van der Waals surface area contributed by atoms with E-state index in [2.05, 4.69) is 65.8 Å². The molecule has 0 heterocycles. The van der Waals surface area contributed by atoms with E-state index in [1.807, 2.05) is 0 Å². The van der Waals surface area contributed by atoms with Crippen LogP contribution in [0.2, 0.25) is 0 Å². The summed E-state index contributed by atoms with van der Waals surface area (Å²) in [6, 6.07) is 0. The van der Waals surface area contributed by atoms with E-state index >= 15 is 0 Å². The second kappa shape index (κ2) is 7.70. The molecule has 2 fully saturated rings. The van der Waals surface area contributed by atoms with E-state index in [4.69, 9.17) is 0 Å². The highest BCUT2D eigenvalue weighted by Gasteiger charge is 2.54. The predicted molar refractivity (Wildman–Crippen MR) is 123 cm³/mol. The van der Waals surface area contributed by atoms with Crippen LogP contribution >= 0.6 is 0 Å². The molecule has 1 nitrogen and oxygen atoms in total. The van der Waals surface area contributed by atoms with Crippen molar-refractivity contribution in [3.63, 3.8) is 0 Å². The summed E-state index contributed by atoms with van der Waals surface area (Å²) in [6.45, 7) is 14.6. The van der Waals surface area contributed by atoms with Crippen LogP contribution in [-0.2, 0) is 0 Å².